The second-order valence-electron chi connectivity index (χ2n) is 4.40. The van der Waals surface area contributed by atoms with Crippen molar-refractivity contribution in [3.63, 3.8) is 0 Å². The first-order valence-electron chi connectivity index (χ1n) is 5.48. The number of halogens is 3. The molecule has 1 atom stereocenters. The molecule has 4 N–H and O–H groups in total. The summed E-state index contributed by atoms with van der Waals surface area (Å²) in [5, 5.41) is 10.2. The number of carbonyl (C=O) groups is 2. The van der Waals surface area contributed by atoms with Crippen molar-refractivity contribution in [2.24, 2.45) is 0 Å². The number of carbonyl (C=O) groups excluding carboxylic acids is 1. The van der Waals surface area contributed by atoms with Gasteiger partial charge in [-0.1, -0.05) is 6.07 Å². The van der Waals surface area contributed by atoms with Gasteiger partial charge in [0.15, 0.2) is 0 Å². The lowest BCUT2D eigenvalue weighted by Crippen LogP contribution is -2.61. The van der Waals surface area contributed by atoms with E-state index in [-0.39, 0.29) is 16.8 Å². The molecule has 0 bridgehead atoms. The monoisotopic (exact) mass is 290 g/mol. The number of carboxylic acid groups (broad SMARTS) is 1. The summed E-state index contributed by atoms with van der Waals surface area (Å²) < 4.78 is 38.4. The number of nitrogen functional groups attached to an aromatic ring is 1. The lowest BCUT2D eigenvalue weighted by molar-refractivity contribution is -0.203. The standard InChI is InChI=1S/C12H13F3N2O3/c1-6-7(4-3-5-8(6)16)9(18)17-11(2,10(19)20)12(13,14)15/h3-5H,16H2,1-2H3,(H,17,18)(H,19,20). The van der Waals surface area contributed by atoms with Crippen molar-refractivity contribution in [1.82, 2.24) is 5.32 Å². The average Bonchev–Trinajstić information content (AvgIpc) is 2.30. The number of nitrogens with two attached hydrogens (primary N) is 1. The van der Waals surface area contributed by atoms with Gasteiger partial charge >= 0.3 is 12.1 Å². The molecule has 1 aromatic carbocycles. The van der Waals surface area contributed by atoms with Crippen molar-refractivity contribution in [3.05, 3.63) is 29.3 Å². The molecule has 0 spiro atoms. The quantitative estimate of drug-likeness (QED) is 0.739. The second kappa shape index (κ2) is 5.03. The molecule has 0 saturated carbocycles. The summed E-state index contributed by atoms with van der Waals surface area (Å²) in [5.74, 6) is -3.35. The van der Waals surface area contributed by atoms with Crippen LogP contribution in [0.15, 0.2) is 18.2 Å². The maximum absolute atomic E-state index is 12.8. The van der Waals surface area contributed by atoms with Crippen LogP contribution in [-0.4, -0.2) is 28.7 Å². The van der Waals surface area contributed by atoms with E-state index in [1.165, 1.54) is 30.4 Å². The molecule has 1 amide bonds. The van der Waals surface area contributed by atoms with E-state index in [1.54, 1.807) is 0 Å². The molecule has 110 valence electrons. The summed E-state index contributed by atoms with van der Waals surface area (Å²) in [6, 6.07) is 4.13. The highest BCUT2D eigenvalue weighted by Crippen LogP contribution is 2.31. The van der Waals surface area contributed by atoms with Gasteiger partial charge in [0.25, 0.3) is 5.91 Å². The Bertz CT molecular complexity index is 557. The Kier molecular flexibility index (Phi) is 3.97. The van der Waals surface area contributed by atoms with Crippen molar-refractivity contribution < 1.29 is 27.9 Å². The highest BCUT2D eigenvalue weighted by molar-refractivity contribution is 6.00. The number of anilines is 1. The van der Waals surface area contributed by atoms with E-state index < -0.39 is 23.6 Å². The van der Waals surface area contributed by atoms with Crippen molar-refractivity contribution in [3.8, 4) is 0 Å². The van der Waals surface area contributed by atoms with Crippen LogP contribution in [0.3, 0.4) is 0 Å². The number of nitrogens with one attached hydrogen (secondary N) is 1. The largest absolute Gasteiger partial charge is 0.479 e. The van der Waals surface area contributed by atoms with Gasteiger partial charge in [-0.3, -0.25) is 4.79 Å². The molecular formula is C12H13F3N2O3. The van der Waals surface area contributed by atoms with Crippen LogP contribution in [0.1, 0.15) is 22.8 Å². The summed E-state index contributed by atoms with van der Waals surface area (Å²) >= 11 is 0. The summed E-state index contributed by atoms with van der Waals surface area (Å²) in [4.78, 5) is 22.7. The first-order chi connectivity index (χ1) is 9.00. The van der Waals surface area contributed by atoms with Crippen LogP contribution in [0, 0.1) is 6.92 Å². The fourth-order valence-electron chi connectivity index (χ4n) is 1.44. The van der Waals surface area contributed by atoms with Crippen molar-refractivity contribution in [2.75, 3.05) is 5.73 Å². The molecule has 0 aliphatic rings. The zero-order valence-corrected chi connectivity index (χ0v) is 10.7. The third kappa shape index (κ3) is 2.68. The Labute approximate surface area is 112 Å². The van der Waals surface area contributed by atoms with E-state index in [1.807, 2.05) is 0 Å². The average molecular weight is 290 g/mol. The van der Waals surface area contributed by atoms with Gasteiger partial charge in [0, 0.05) is 11.3 Å². The zero-order chi connectivity index (χ0) is 15.7. The number of alkyl halides is 3. The van der Waals surface area contributed by atoms with Crippen LogP contribution in [0.25, 0.3) is 0 Å². The highest BCUT2D eigenvalue weighted by Gasteiger charge is 2.58. The fourth-order valence-corrected chi connectivity index (χ4v) is 1.44. The maximum atomic E-state index is 12.8. The van der Waals surface area contributed by atoms with Gasteiger partial charge in [-0.05, 0) is 31.5 Å². The first kappa shape index (κ1) is 15.8. The molecule has 0 radical (unpaired) electrons. The van der Waals surface area contributed by atoms with E-state index >= 15 is 0 Å². The normalized spacial score (nSPS) is 14.4. The van der Waals surface area contributed by atoms with Crippen LogP contribution in [0.5, 0.6) is 0 Å². The number of hydrogen-bond acceptors (Lipinski definition) is 3. The topological polar surface area (TPSA) is 92.4 Å². The summed E-state index contributed by atoms with van der Waals surface area (Å²) in [6.07, 6.45) is -5.14. The minimum Gasteiger partial charge on any atom is -0.479 e. The zero-order valence-electron chi connectivity index (χ0n) is 10.7. The molecule has 20 heavy (non-hydrogen) atoms. The van der Waals surface area contributed by atoms with Gasteiger partial charge in [0.2, 0.25) is 5.54 Å². The van der Waals surface area contributed by atoms with E-state index in [0.29, 0.717) is 6.92 Å². The Balaban J connectivity index is 3.17. The Morgan fingerprint density at radius 1 is 1.30 bits per heavy atom. The van der Waals surface area contributed by atoms with E-state index in [2.05, 4.69) is 0 Å². The van der Waals surface area contributed by atoms with Gasteiger partial charge < -0.3 is 16.2 Å². The van der Waals surface area contributed by atoms with Gasteiger partial charge in [-0.15, -0.1) is 0 Å². The first-order valence-corrected chi connectivity index (χ1v) is 5.48. The van der Waals surface area contributed by atoms with Crippen molar-refractivity contribution in [2.45, 2.75) is 25.6 Å². The van der Waals surface area contributed by atoms with Crippen LogP contribution in [0.2, 0.25) is 0 Å². The number of carboxylic acids is 1. The predicted molar refractivity (Wildman–Crippen MR) is 65.2 cm³/mol. The molecule has 0 aromatic heterocycles. The Hall–Kier alpha value is -2.25. The van der Waals surface area contributed by atoms with Gasteiger partial charge in [0.05, 0.1) is 0 Å². The molecule has 0 heterocycles. The highest BCUT2D eigenvalue weighted by atomic mass is 19.4. The molecule has 0 aliphatic carbocycles. The van der Waals surface area contributed by atoms with E-state index in [0.717, 1.165) is 0 Å². The summed E-state index contributed by atoms with van der Waals surface area (Å²) in [5.41, 5.74) is 2.57. The number of aliphatic carboxylic acids is 1. The number of benzene rings is 1. The second-order valence-corrected chi connectivity index (χ2v) is 4.40. The third-order valence-corrected chi connectivity index (χ3v) is 2.98. The summed E-state index contributed by atoms with van der Waals surface area (Å²) in [6.45, 7) is 1.84. The SMILES string of the molecule is Cc1c(N)cccc1C(=O)NC(C)(C(=O)O)C(F)(F)F. The van der Waals surface area contributed by atoms with Crippen LogP contribution in [-0.2, 0) is 4.79 Å². The molecule has 0 saturated heterocycles. The van der Waals surface area contributed by atoms with Crippen LogP contribution < -0.4 is 11.1 Å². The lowest BCUT2D eigenvalue weighted by Gasteiger charge is -2.28. The minimum absolute atomic E-state index is 0.110. The molecule has 8 heteroatoms. The van der Waals surface area contributed by atoms with Crippen molar-refractivity contribution in [1.29, 1.82) is 0 Å². The minimum atomic E-state index is -5.14. The third-order valence-electron chi connectivity index (χ3n) is 2.98. The van der Waals surface area contributed by atoms with Gasteiger partial charge in [-0.2, -0.15) is 13.2 Å². The molecule has 1 aromatic rings. The fraction of sp³-hybridized carbons (Fsp3) is 0.333. The number of rotatable bonds is 3. The summed E-state index contributed by atoms with van der Waals surface area (Å²) in [7, 11) is 0. The number of amides is 1. The van der Waals surface area contributed by atoms with E-state index in [4.69, 9.17) is 10.8 Å². The maximum Gasteiger partial charge on any atom is 0.422 e. The van der Waals surface area contributed by atoms with Crippen molar-refractivity contribution >= 4 is 17.6 Å². The molecule has 0 fully saturated rings. The smallest absolute Gasteiger partial charge is 0.422 e. The van der Waals surface area contributed by atoms with Crippen LogP contribution in [0.4, 0.5) is 18.9 Å². The molecule has 1 unspecified atom stereocenters. The van der Waals surface area contributed by atoms with E-state index in [9.17, 15) is 22.8 Å². The lowest BCUT2D eigenvalue weighted by atomic mass is 9.99. The molecule has 1 rings (SSSR count). The van der Waals surface area contributed by atoms with Crippen LogP contribution >= 0.6 is 0 Å². The molecule has 0 aliphatic heterocycles. The van der Waals surface area contributed by atoms with Gasteiger partial charge in [-0.25, -0.2) is 4.79 Å². The molecular weight excluding hydrogens is 277 g/mol. The Morgan fingerprint density at radius 3 is 2.30 bits per heavy atom. The number of hydrogen-bond donors (Lipinski definition) is 3. The molecule has 5 nitrogen and oxygen atoms in total. The predicted octanol–water partition coefficient (Wildman–Crippen LogP) is 1.71. The van der Waals surface area contributed by atoms with Gasteiger partial charge in [0.1, 0.15) is 0 Å². The Morgan fingerprint density at radius 2 is 1.85 bits per heavy atom.